The van der Waals surface area contributed by atoms with Crippen LogP contribution in [0.4, 0.5) is 0 Å². The zero-order valence-electron chi connectivity index (χ0n) is 11.2. The van der Waals surface area contributed by atoms with Crippen molar-refractivity contribution in [2.75, 3.05) is 19.9 Å². The Balaban J connectivity index is 2.79. The van der Waals surface area contributed by atoms with Gasteiger partial charge in [-0.3, -0.25) is 0 Å². The Labute approximate surface area is 104 Å². The van der Waals surface area contributed by atoms with Gasteiger partial charge in [-0.25, -0.2) is 0 Å². The highest BCUT2D eigenvalue weighted by molar-refractivity contribution is 5.39. The van der Waals surface area contributed by atoms with E-state index in [1.807, 2.05) is 6.92 Å². The van der Waals surface area contributed by atoms with Crippen LogP contribution in [0.25, 0.3) is 0 Å². The molecule has 1 unspecified atom stereocenters. The first-order valence-corrected chi connectivity index (χ1v) is 6.23. The van der Waals surface area contributed by atoms with E-state index in [9.17, 15) is 0 Å². The lowest BCUT2D eigenvalue weighted by Crippen LogP contribution is -2.19. The third-order valence-corrected chi connectivity index (χ3v) is 2.65. The Morgan fingerprint density at radius 3 is 2.71 bits per heavy atom. The second kappa shape index (κ2) is 7.30. The molecule has 0 saturated heterocycles. The molecule has 1 aromatic carbocycles. The maximum Gasteiger partial charge on any atom is 0.189 e. The molecule has 0 saturated carbocycles. The molecule has 0 aliphatic rings. The van der Waals surface area contributed by atoms with Gasteiger partial charge >= 0.3 is 0 Å². The van der Waals surface area contributed by atoms with E-state index in [-0.39, 0.29) is 6.04 Å². The van der Waals surface area contributed by atoms with E-state index in [0.717, 1.165) is 12.3 Å². The zero-order chi connectivity index (χ0) is 12.7. The van der Waals surface area contributed by atoms with Crippen LogP contribution in [0, 0.1) is 6.92 Å². The minimum atomic E-state index is 0.289. The lowest BCUT2D eigenvalue weighted by atomic mass is 10.1. The second-order valence-electron chi connectivity index (χ2n) is 4.08. The fourth-order valence-electron chi connectivity index (χ4n) is 1.73. The molecule has 0 aliphatic heterocycles. The lowest BCUT2D eigenvalue weighted by molar-refractivity contribution is 0.0216. The van der Waals surface area contributed by atoms with Gasteiger partial charge in [0.1, 0.15) is 5.75 Å². The van der Waals surface area contributed by atoms with Gasteiger partial charge in [0.25, 0.3) is 0 Å². The molecular weight excluding hydrogens is 214 g/mol. The average molecular weight is 237 g/mol. The molecule has 1 atom stereocenters. The minimum absolute atomic E-state index is 0.289. The Hall–Kier alpha value is -1.06. The van der Waals surface area contributed by atoms with E-state index in [2.05, 4.69) is 44.3 Å². The summed E-state index contributed by atoms with van der Waals surface area (Å²) in [7, 11) is 0. The van der Waals surface area contributed by atoms with Crippen molar-refractivity contribution in [1.29, 1.82) is 0 Å². The lowest BCUT2D eigenvalue weighted by Gasteiger charge is -2.18. The molecule has 0 amide bonds. The number of benzene rings is 1. The smallest absolute Gasteiger partial charge is 0.189 e. The summed E-state index contributed by atoms with van der Waals surface area (Å²) < 4.78 is 10.9. The zero-order valence-corrected chi connectivity index (χ0v) is 11.2. The average Bonchev–Trinajstić information content (AvgIpc) is 2.30. The van der Waals surface area contributed by atoms with Crippen molar-refractivity contribution >= 4 is 0 Å². The van der Waals surface area contributed by atoms with Crippen LogP contribution in [-0.4, -0.2) is 19.9 Å². The van der Waals surface area contributed by atoms with Crippen molar-refractivity contribution in [2.24, 2.45) is 0 Å². The number of nitrogens with one attached hydrogen (secondary N) is 1. The Kier molecular flexibility index (Phi) is 6.01. The molecule has 1 N–H and O–H groups in total. The van der Waals surface area contributed by atoms with E-state index in [0.29, 0.717) is 13.4 Å². The van der Waals surface area contributed by atoms with E-state index in [1.165, 1.54) is 11.1 Å². The summed E-state index contributed by atoms with van der Waals surface area (Å²) in [6.45, 7) is 10.2. The highest BCUT2D eigenvalue weighted by atomic mass is 16.7. The molecule has 0 heterocycles. The second-order valence-corrected chi connectivity index (χ2v) is 4.08. The van der Waals surface area contributed by atoms with Gasteiger partial charge in [-0.2, -0.15) is 0 Å². The predicted octanol–water partition coefficient (Wildman–Crippen LogP) is 3.04. The van der Waals surface area contributed by atoms with Crippen molar-refractivity contribution in [1.82, 2.24) is 5.32 Å². The Bertz CT molecular complexity index is 339. The van der Waals surface area contributed by atoms with Crippen molar-refractivity contribution in [3.8, 4) is 5.75 Å². The first-order chi connectivity index (χ1) is 8.19. The van der Waals surface area contributed by atoms with Crippen molar-refractivity contribution in [3.05, 3.63) is 29.3 Å². The third-order valence-electron chi connectivity index (χ3n) is 2.65. The van der Waals surface area contributed by atoms with E-state index < -0.39 is 0 Å². The topological polar surface area (TPSA) is 30.5 Å². The summed E-state index contributed by atoms with van der Waals surface area (Å²) >= 11 is 0. The Morgan fingerprint density at radius 1 is 1.29 bits per heavy atom. The third kappa shape index (κ3) is 4.36. The molecule has 1 rings (SSSR count). The van der Waals surface area contributed by atoms with Gasteiger partial charge in [0, 0.05) is 18.2 Å². The molecular formula is C14H23NO2. The molecule has 0 aliphatic carbocycles. The number of ether oxygens (including phenoxy) is 2. The van der Waals surface area contributed by atoms with Crippen LogP contribution in [0.15, 0.2) is 18.2 Å². The number of aryl methyl sites for hydroxylation is 1. The van der Waals surface area contributed by atoms with Crippen LogP contribution in [-0.2, 0) is 4.74 Å². The van der Waals surface area contributed by atoms with Crippen molar-refractivity contribution in [3.63, 3.8) is 0 Å². The van der Waals surface area contributed by atoms with Gasteiger partial charge in [0.05, 0.1) is 0 Å². The summed E-state index contributed by atoms with van der Waals surface area (Å²) in [4.78, 5) is 0. The minimum Gasteiger partial charge on any atom is -0.467 e. The predicted molar refractivity (Wildman–Crippen MR) is 70.4 cm³/mol. The van der Waals surface area contributed by atoms with Crippen LogP contribution in [0.2, 0.25) is 0 Å². The molecule has 0 spiro atoms. The van der Waals surface area contributed by atoms with Crippen LogP contribution >= 0.6 is 0 Å². The van der Waals surface area contributed by atoms with Gasteiger partial charge in [-0.15, -0.1) is 0 Å². The van der Waals surface area contributed by atoms with Crippen LogP contribution < -0.4 is 10.1 Å². The molecule has 1 aromatic rings. The van der Waals surface area contributed by atoms with Gasteiger partial charge in [0.15, 0.2) is 6.79 Å². The standard InChI is InChI=1S/C14H23NO2/c1-5-15-12(4)13-8-7-11(3)9-14(13)17-10-16-6-2/h7-9,12,15H,5-6,10H2,1-4H3. The fourth-order valence-corrected chi connectivity index (χ4v) is 1.73. The summed E-state index contributed by atoms with van der Waals surface area (Å²) in [5.41, 5.74) is 2.38. The largest absolute Gasteiger partial charge is 0.467 e. The molecule has 0 aromatic heterocycles. The summed E-state index contributed by atoms with van der Waals surface area (Å²) in [6.07, 6.45) is 0. The van der Waals surface area contributed by atoms with Gasteiger partial charge in [-0.1, -0.05) is 19.1 Å². The number of hydrogen-bond acceptors (Lipinski definition) is 3. The SMILES string of the molecule is CCNC(C)c1ccc(C)cc1OCOCC. The first kappa shape index (κ1) is 14.0. The highest BCUT2D eigenvalue weighted by Gasteiger charge is 2.10. The summed E-state index contributed by atoms with van der Waals surface area (Å²) in [5.74, 6) is 0.909. The molecule has 0 radical (unpaired) electrons. The van der Waals surface area contributed by atoms with Crippen molar-refractivity contribution in [2.45, 2.75) is 33.7 Å². The molecule has 3 nitrogen and oxygen atoms in total. The van der Waals surface area contributed by atoms with Gasteiger partial charge in [0.2, 0.25) is 0 Å². The van der Waals surface area contributed by atoms with E-state index in [1.54, 1.807) is 0 Å². The first-order valence-electron chi connectivity index (χ1n) is 6.23. The molecule has 0 bridgehead atoms. The van der Waals surface area contributed by atoms with Gasteiger partial charge in [-0.05, 0) is 38.9 Å². The van der Waals surface area contributed by atoms with Crippen LogP contribution in [0.1, 0.15) is 37.9 Å². The normalized spacial score (nSPS) is 12.5. The highest BCUT2D eigenvalue weighted by Crippen LogP contribution is 2.26. The number of rotatable bonds is 7. The fraction of sp³-hybridized carbons (Fsp3) is 0.571. The van der Waals surface area contributed by atoms with Crippen LogP contribution in [0.3, 0.4) is 0 Å². The van der Waals surface area contributed by atoms with E-state index in [4.69, 9.17) is 9.47 Å². The van der Waals surface area contributed by atoms with Crippen LogP contribution in [0.5, 0.6) is 5.75 Å². The molecule has 3 heteroatoms. The maximum absolute atomic E-state index is 5.66. The summed E-state index contributed by atoms with van der Waals surface area (Å²) in [6, 6.07) is 6.57. The molecule has 17 heavy (non-hydrogen) atoms. The molecule has 0 fully saturated rings. The van der Waals surface area contributed by atoms with E-state index >= 15 is 0 Å². The maximum atomic E-state index is 5.66. The molecule has 96 valence electrons. The quantitative estimate of drug-likeness (QED) is 0.584. The van der Waals surface area contributed by atoms with Crippen molar-refractivity contribution < 1.29 is 9.47 Å². The monoisotopic (exact) mass is 237 g/mol. The van der Waals surface area contributed by atoms with Gasteiger partial charge < -0.3 is 14.8 Å². The number of hydrogen-bond donors (Lipinski definition) is 1. The Morgan fingerprint density at radius 2 is 2.06 bits per heavy atom. The summed E-state index contributed by atoms with van der Waals surface area (Å²) in [5, 5.41) is 3.39.